The second kappa shape index (κ2) is 4.78. The Kier molecular flexibility index (Phi) is 3.38. The van der Waals surface area contributed by atoms with Gasteiger partial charge in [0.25, 0.3) is 0 Å². The lowest BCUT2D eigenvalue weighted by Gasteiger charge is -2.10. The molecule has 0 fully saturated rings. The largest absolute Gasteiger partial charge is 0.468 e. The second-order valence-corrected chi connectivity index (χ2v) is 4.98. The summed E-state index contributed by atoms with van der Waals surface area (Å²) in [6, 6.07) is 3.76. The van der Waals surface area contributed by atoms with Crippen LogP contribution in [0.1, 0.15) is 27.4 Å². The van der Waals surface area contributed by atoms with Crippen LogP contribution in [0.15, 0.2) is 22.8 Å². The Morgan fingerprint density at radius 2 is 2.38 bits per heavy atom. The maximum atomic E-state index is 5.52. The molecule has 0 aromatic carbocycles. The van der Waals surface area contributed by atoms with Crippen molar-refractivity contribution in [3.63, 3.8) is 0 Å². The lowest BCUT2D eigenvalue weighted by molar-refractivity contribution is 0.415. The number of hydrazine groups is 1. The number of hydrogen-bond donors (Lipinski definition) is 2. The molecule has 0 radical (unpaired) electrons. The molecule has 86 valence electrons. The fourth-order valence-corrected chi connectivity index (χ4v) is 2.51. The summed E-state index contributed by atoms with van der Waals surface area (Å²) in [6.45, 7) is 4.10. The van der Waals surface area contributed by atoms with Crippen LogP contribution < -0.4 is 11.3 Å². The molecule has 0 saturated heterocycles. The van der Waals surface area contributed by atoms with Crippen LogP contribution in [-0.2, 0) is 6.42 Å². The molecule has 4 nitrogen and oxygen atoms in total. The molecular weight excluding hydrogens is 222 g/mol. The van der Waals surface area contributed by atoms with Crippen molar-refractivity contribution in [1.82, 2.24) is 10.4 Å². The Bertz CT molecular complexity index is 430. The Labute approximate surface area is 98.5 Å². The molecule has 2 aromatic rings. The number of thiazole rings is 1. The van der Waals surface area contributed by atoms with Crippen LogP contribution in [0.5, 0.6) is 0 Å². The molecule has 3 N–H and O–H groups in total. The predicted octanol–water partition coefficient (Wildman–Crippen LogP) is 2.10. The fourth-order valence-electron chi connectivity index (χ4n) is 1.53. The number of nitrogens with zero attached hydrogens (tertiary/aromatic N) is 1. The third kappa shape index (κ3) is 2.32. The van der Waals surface area contributed by atoms with Crippen molar-refractivity contribution in [2.24, 2.45) is 5.84 Å². The van der Waals surface area contributed by atoms with Gasteiger partial charge in [0, 0.05) is 11.3 Å². The maximum absolute atomic E-state index is 5.52. The average molecular weight is 237 g/mol. The van der Waals surface area contributed by atoms with Crippen LogP contribution in [0.25, 0.3) is 0 Å². The van der Waals surface area contributed by atoms with E-state index in [9.17, 15) is 0 Å². The van der Waals surface area contributed by atoms with Crippen molar-refractivity contribution in [3.8, 4) is 0 Å². The van der Waals surface area contributed by atoms with Gasteiger partial charge in [-0.15, -0.1) is 11.3 Å². The van der Waals surface area contributed by atoms with Gasteiger partial charge in [-0.2, -0.15) is 0 Å². The molecule has 0 saturated carbocycles. The van der Waals surface area contributed by atoms with Crippen LogP contribution in [0.3, 0.4) is 0 Å². The van der Waals surface area contributed by atoms with Gasteiger partial charge in [0.15, 0.2) is 0 Å². The van der Waals surface area contributed by atoms with Crippen molar-refractivity contribution in [1.29, 1.82) is 0 Å². The molecule has 0 aliphatic heterocycles. The zero-order chi connectivity index (χ0) is 11.5. The Morgan fingerprint density at radius 1 is 1.56 bits per heavy atom. The van der Waals surface area contributed by atoms with Crippen LogP contribution in [0, 0.1) is 13.8 Å². The van der Waals surface area contributed by atoms with Gasteiger partial charge >= 0.3 is 0 Å². The van der Waals surface area contributed by atoms with Gasteiger partial charge in [-0.25, -0.2) is 10.4 Å². The highest BCUT2D eigenvalue weighted by molar-refractivity contribution is 7.11. The highest BCUT2D eigenvalue weighted by atomic mass is 32.1. The summed E-state index contributed by atoms with van der Waals surface area (Å²) in [4.78, 5) is 5.74. The Balaban J connectivity index is 2.13. The molecular formula is C11H15N3OS. The molecule has 16 heavy (non-hydrogen) atoms. The maximum Gasteiger partial charge on any atom is 0.122 e. The smallest absolute Gasteiger partial charge is 0.122 e. The van der Waals surface area contributed by atoms with Gasteiger partial charge < -0.3 is 4.42 Å². The number of nitrogens with two attached hydrogens (primary N) is 1. The summed E-state index contributed by atoms with van der Waals surface area (Å²) in [7, 11) is 0. The lowest BCUT2D eigenvalue weighted by atomic mass is 10.2. The Morgan fingerprint density at radius 3 is 2.88 bits per heavy atom. The van der Waals surface area contributed by atoms with Crippen LogP contribution in [-0.4, -0.2) is 4.98 Å². The van der Waals surface area contributed by atoms with E-state index in [2.05, 4.69) is 17.3 Å². The van der Waals surface area contributed by atoms with E-state index in [0.29, 0.717) is 0 Å². The van der Waals surface area contributed by atoms with Gasteiger partial charge in [-0.05, 0) is 26.0 Å². The molecule has 2 heterocycles. The first-order chi connectivity index (χ1) is 7.70. The van der Waals surface area contributed by atoms with Gasteiger partial charge in [-0.3, -0.25) is 5.84 Å². The fraction of sp³-hybridized carbons (Fsp3) is 0.364. The van der Waals surface area contributed by atoms with E-state index in [4.69, 9.17) is 10.3 Å². The summed E-state index contributed by atoms with van der Waals surface area (Å²) >= 11 is 1.71. The van der Waals surface area contributed by atoms with Gasteiger partial charge in [-0.1, -0.05) is 0 Å². The zero-order valence-electron chi connectivity index (χ0n) is 9.36. The molecule has 2 aromatic heterocycles. The molecule has 0 aliphatic carbocycles. The topological polar surface area (TPSA) is 64.1 Å². The van der Waals surface area contributed by atoms with E-state index < -0.39 is 0 Å². The third-order valence-corrected chi connectivity index (χ3v) is 3.63. The minimum Gasteiger partial charge on any atom is -0.468 e. The first kappa shape index (κ1) is 11.3. The van der Waals surface area contributed by atoms with Gasteiger partial charge in [0.05, 0.1) is 23.0 Å². The number of rotatable bonds is 4. The quantitative estimate of drug-likeness (QED) is 0.631. The lowest BCUT2D eigenvalue weighted by Crippen LogP contribution is -2.29. The molecule has 0 bridgehead atoms. The minimum absolute atomic E-state index is 0.0139. The molecule has 0 amide bonds. The molecule has 1 unspecified atom stereocenters. The Hall–Kier alpha value is -1.17. The highest BCUT2D eigenvalue weighted by Crippen LogP contribution is 2.23. The molecule has 5 heteroatoms. The van der Waals surface area contributed by atoms with Gasteiger partial charge in [0.2, 0.25) is 0 Å². The number of furan rings is 1. The minimum atomic E-state index is -0.0139. The predicted molar refractivity (Wildman–Crippen MR) is 64.1 cm³/mol. The average Bonchev–Trinajstić information content (AvgIpc) is 2.86. The normalized spacial score (nSPS) is 12.9. The standard InChI is InChI=1S/C11H15N3OS/c1-7-8(2)16-11(13-7)6-9(14-12)10-4-3-5-15-10/h3-5,9,14H,6,12H2,1-2H3. The molecule has 2 rings (SSSR count). The summed E-state index contributed by atoms with van der Waals surface area (Å²) in [5.74, 6) is 6.36. The van der Waals surface area contributed by atoms with Crippen LogP contribution in [0.2, 0.25) is 0 Å². The van der Waals surface area contributed by atoms with Crippen molar-refractivity contribution in [3.05, 3.63) is 39.7 Å². The molecule has 1 atom stereocenters. The number of hydrogen-bond acceptors (Lipinski definition) is 5. The first-order valence-corrected chi connectivity index (χ1v) is 5.94. The van der Waals surface area contributed by atoms with E-state index in [-0.39, 0.29) is 6.04 Å². The molecule has 0 aliphatic rings. The second-order valence-electron chi connectivity index (χ2n) is 3.69. The number of nitrogens with one attached hydrogen (secondary N) is 1. The summed E-state index contributed by atoms with van der Waals surface area (Å²) < 4.78 is 5.33. The number of aryl methyl sites for hydroxylation is 2. The number of aromatic nitrogens is 1. The van der Waals surface area contributed by atoms with E-state index in [0.717, 1.165) is 22.9 Å². The van der Waals surface area contributed by atoms with E-state index in [1.807, 2.05) is 19.1 Å². The van der Waals surface area contributed by atoms with E-state index in [1.54, 1.807) is 17.6 Å². The van der Waals surface area contributed by atoms with Crippen molar-refractivity contribution in [2.45, 2.75) is 26.3 Å². The summed E-state index contributed by atoms with van der Waals surface area (Å²) in [6.07, 6.45) is 2.40. The van der Waals surface area contributed by atoms with Crippen molar-refractivity contribution in [2.75, 3.05) is 0 Å². The van der Waals surface area contributed by atoms with Crippen molar-refractivity contribution >= 4 is 11.3 Å². The highest BCUT2D eigenvalue weighted by Gasteiger charge is 2.15. The van der Waals surface area contributed by atoms with Crippen LogP contribution in [0.4, 0.5) is 0 Å². The van der Waals surface area contributed by atoms with Crippen molar-refractivity contribution < 1.29 is 4.42 Å². The van der Waals surface area contributed by atoms with E-state index >= 15 is 0 Å². The monoisotopic (exact) mass is 237 g/mol. The molecule has 0 spiro atoms. The SMILES string of the molecule is Cc1nc(CC(NN)c2ccco2)sc1C. The third-order valence-electron chi connectivity index (χ3n) is 2.54. The summed E-state index contributed by atoms with van der Waals surface area (Å²) in [5.41, 5.74) is 3.85. The van der Waals surface area contributed by atoms with Gasteiger partial charge in [0.1, 0.15) is 5.76 Å². The summed E-state index contributed by atoms with van der Waals surface area (Å²) in [5, 5.41) is 1.08. The van der Waals surface area contributed by atoms with Crippen LogP contribution >= 0.6 is 11.3 Å². The zero-order valence-corrected chi connectivity index (χ0v) is 10.2. The first-order valence-electron chi connectivity index (χ1n) is 5.13. The van der Waals surface area contributed by atoms with E-state index in [1.165, 1.54) is 4.88 Å².